The van der Waals surface area contributed by atoms with Gasteiger partial charge in [-0.3, -0.25) is 0 Å². The summed E-state index contributed by atoms with van der Waals surface area (Å²) in [5, 5.41) is 0. The topological polar surface area (TPSA) is 18.5 Å². The van der Waals surface area contributed by atoms with Crippen LogP contribution in [0, 0.1) is 0 Å². The minimum atomic E-state index is 0.00904. The average molecular weight is 304 g/mol. The summed E-state index contributed by atoms with van der Waals surface area (Å²) < 4.78 is 11.8. The van der Waals surface area contributed by atoms with E-state index in [0.717, 1.165) is 6.42 Å². The molecule has 2 unspecified atom stereocenters. The molecule has 1 aromatic carbocycles. The third-order valence-corrected chi connectivity index (χ3v) is 4.46. The van der Waals surface area contributed by atoms with Crippen molar-refractivity contribution in [3.05, 3.63) is 35.9 Å². The maximum atomic E-state index is 6.00. The molecule has 2 nitrogen and oxygen atoms in total. The molecule has 1 aliphatic rings. The first-order valence-corrected chi connectivity index (χ1v) is 9.22. The van der Waals surface area contributed by atoms with E-state index >= 15 is 0 Å². The SMILES string of the molecule is CCCCCCCCCCCC1OCC(c2ccccc2)O1. The Bertz CT molecular complexity index is 377. The molecule has 2 atom stereocenters. The third-order valence-electron chi connectivity index (χ3n) is 4.46. The minimum Gasteiger partial charge on any atom is -0.350 e. The molecule has 22 heavy (non-hydrogen) atoms. The fourth-order valence-electron chi connectivity index (χ4n) is 3.07. The molecule has 2 rings (SSSR count). The van der Waals surface area contributed by atoms with Crippen molar-refractivity contribution in [1.29, 1.82) is 0 Å². The van der Waals surface area contributed by atoms with E-state index in [2.05, 4.69) is 31.2 Å². The summed E-state index contributed by atoms with van der Waals surface area (Å²) in [6.45, 7) is 2.97. The molecule has 1 aliphatic heterocycles. The van der Waals surface area contributed by atoms with E-state index in [4.69, 9.17) is 9.47 Å². The van der Waals surface area contributed by atoms with Crippen LogP contribution < -0.4 is 0 Å². The Morgan fingerprint density at radius 3 is 2.18 bits per heavy atom. The van der Waals surface area contributed by atoms with Gasteiger partial charge in [0.1, 0.15) is 6.10 Å². The number of hydrogen-bond donors (Lipinski definition) is 0. The van der Waals surface area contributed by atoms with E-state index in [1.807, 2.05) is 6.07 Å². The molecule has 1 aromatic rings. The van der Waals surface area contributed by atoms with Crippen LogP contribution in [-0.2, 0) is 9.47 Å². The lowest BCUT2D eigenvalue weighted by atomic mass is 10.1. The second kappa shape index (κ2) is 10.8. The standard InChI is InChI=1S/C20H32O2/c1-2-3-4-5-6-7-8-9-13-16-20-21-17-19(22-20)18-14-11-10-12-15-18/h10-12,14-15,19-20H,2-9,13,16-17H2,1H3. The van der Waals surface area contributed by atoms with Crippen LogP contribution in [0.5, 0.6) is 0 Å². The Labute approximate surface area is 136 Å². The highest BCUT2D eigenvalue weighted by Gasteiger charge is 2.26. The number of unbranched alkanes of at least 4 members (excludes halogenated alkanes) is 8. The van der Waals surface area contributed by atoms with Gasteiger partial charge in [-0.15, -0.1) is 0 Å². The highest BCUT2D eigenvalue weighted by molar-refractivity contribution is 5.18. The quantitative estimate of drug-likeness (QED) is 0.465. The fraction of sp³-hybridized carbons (Fsp3) is 0.700. The van der Waals surface area contributed by atoms with Gasteiger partial charge in [-0.05, 0) is 18.4 Å². The second-order valence-corrected chi connectivity index (χ2v) is 6.42. The molecular weight excluding hydrogens is 272 g/mol. The van der Waals surface area contributed by atoms with Gasteiger partial charge in [-0.1, -0.05) is 88.6 Å². The van der Waals surface area contributed by atoms with Crippen LogP contribution >= 0.6 is 0 Å². The van der Waals surface area contributed by atoms with Crippen LogP contribution in [0.1, 0.15) is 82.8 Å². The Kier molecular flexibility index (Phi) is 8.59. The van der Waals surface area contributed by atoms with Crippen molar-refractivity contribution < 1.29 is 9.47 Å². The van der Waals surface area contributed by atoms with Crippen LogP contribution in [-0.4, -0.2) is 12.9 Å². The van der Waals surface area contributed by atoms with Crippen molar-refractivity contribution >= 4 is 0 Å². The normalized spacial score (nSPS) is 21.3. The zero-order valence-electron chi connectivity index (χ0n) is 14.1. The van der Waals surface area contributed by atoms with Crippen LogP contribution in [0.15, 0.2) is 30.3 Å². The minimum absolute atomic E-state index is 0.00904. The van der Waals surface area contributed by atoms with Crippen molar-refractivity contribution in [3.63, 3.8) is 0 Å². The molecule has 0 amide bonds. The predicted molar refractivity (Wildman–Crippen MR) is 91.9 cm³/mol. The lowest BCUT2D eigenvalue weighted by molar-refractivity contribution is -0.0637. The largest absolute Gasteiger partial charge is 0.350 e. The second-order valence-electron chi connectivity index (χ2n) is 6.42. The molecule has 0 spiro atoms. The first kappa shape index (κ1) is 17.5. The molecule has 124 valence electrons. The molecule has 1 fully saturated rings. The summed E-state index contributed by atoms with van der Waals surface area (Å²) >= 11 is 0. The Hall–Kier alpha value is -0.860. The van der Waals surface area contributed by atoms with E-state index in [1.165, 1.54) is 63.4 Å². The molecule has 1 saturated heterocycles. The van der Waals surface area contributed by atoms with Gasteiger partial charge in [0.05, 0.1) is 6.61 Å². The summed E-state index contributed by atoms with van der Waals surface area (Å²) in [6.07, 6.45) is 13.5. The monoisotopic (exact) mass is 304 g/mol. The smallest absolute Gasteiger partial charge is 0.158 e. The van der Waals surface area contributed by atoms with Crippen LogP contribution in [0.4, 0.5) is 0 Å². The van der Waals surface area contributed by atoms with Gasteiger partial charge < -0.3 is 9.47 Å². The molecule has 0 radical (unpaired) electrons. The molecule has 0 aromatic heterocycles. The highest BCUT2D eigenvalue weighted by atomic mass is 16.7. The van der Waals surface area contributed by atoms with Gasteiger partial charge in [0.15, 0.2) is 6.29 Å². The molecule has 0 saturated carbocycles. The molecule has 0 bridgehead atoms. The molecular formula is C20H32O2. The molecule has 0 N–H and O–H groups in total. The third kappa shape index (κ3) is 6.50. The summed E-state index contributed by atoms with van der Waals surface area (Å²) in [5.41, 5.74) is 1.23. The van der Waals surface area contributed by atoms with Crippen molar-refractivity contribution in [2.24, 2.45) is 0 Å². The summed E-state index contributed by atoms with van der Waals surface area (Å²) in [5.74, 6) is 0. The lowest BCUT2D eigenvalue weighted by Gasteiger charge is -2.11. The van der Waals surface area contributed by atoms with E-state index in [0.29, 0.717) is 6.61 Å². The van der Waals surface area contributed by atoms with Crippen LogP contribution in [0.25, 0.3) is 0 Å². The van der Waals surface area contributed by atoms with Crippen molar-refractivity contribution in [2.75, 3.05) is 6.61 Å². The molecule has 0 aliphatic carbocycles. The zero-order chi connectivity index (χ0) is 15.5. The van der Waals surface area contributed by atoms with Crippen molar-refractivity contribution in [3.8, 4) is 0 Å². The van der Waals surface area contributed by atoms with Crippen LogP contribution in [0.3, 0.4) is 0 Å². The first-order valence-electron chi connectivity index (χ1n) is 9.22. The lowest BCUT2D eigenvalue weighted by Crippen LogP contribution is -2.07. The number of ether oxygens (including phenoxy) is 2. The van der Waals surface area contributed by atoms with E-state index in [9.17, 15) is 0 Å². The van der Waals surface area contributed by atoms with Gasteiger partial charge in [0, 0.05) is 0 Å². The fourth-order valence-corrected chi connectivity index (χ4v) is 3.07. The van der Waals surface area contributed by atoms with Gasteiger partial charge in [0.25, 0.3) is 0 Å². The molecule has 1 heterocycles. The van der Waals surface area contributed by atoms with Gasteiger partial charge in [-0.2, -0.15) is 0 Å². The van der Waals surface area contributed by atoms with Gasteiger partial charge in [-0.25, -0.2) is 0 Å². The van der Waals surface area contributed by atoms with E-state index < -0.39 is 0 Å². The van der Waals surface area contributed by atoms with Crippen molar-refractivity contribution in [2.45, 2.75) is 83.5 Å². The van der Waals surface area contributed by atoms with Gasteiger partial charge in [0.2, 0.25) is 0 Å². The average Bonchev–Trinajstić information content (AvgIpc) is 3.03. The van der Waals surface area contributed by atoms with E-state index in [-0.39, 0.29) is 12.4 Å². The zero-order valence-corrected chi connectivity index (χ0v) is 14.1. The summed E-state index contributed by atoms with van der Waals surface area (Å²) in [6, 6.07) is 10.4. The number of benzene rings is 1. The number of rotatable bonds is 11. The molecule has 2 heteroatoms. The summed E-state index contributed by atoms with van der Waals surface area (Å²) in [4.78, 5) is 0. The Morgan fingerprint density at radius 2 is 1.50 bits per heavy atom. The maximum absolute atomic E-state index is 6.00. The Morgan fingerprint density at radius 1 is 0.864 bits per heavy atom. The maximum Gasteiger partial charge on any atom is 0.158 e. The highest BCUT2D eigenvalue weighted by Crippen LogP contribution is 2.28. The Balaban J connectivity index is 1.47. The predicted octanol–water partition coefficient (Wildman–Crippen LogP) is 6.02. The van der Waals surface area contributed by atoms with Crippen LogP contribution in [0.2, 0.25) is 0 Å². The number of hydrogen-bond acceptors (Lipinski definition) is 2. The van der Waals surface area contributed by atoms with Crippen molar-refractivity contribution in [1.82, 2.24) is 0 Å². The van der Waals surface area contributed by atoms with Gasteiger partial charge >= 0.3 is 0 Å². The summed E-state index contributed by atoms with van der Waals surface area (Å²) in [7, 11) is 0. The first-order chi connectivity index (χ1) is 10.9. The van der Waals surface area contributed by atoms with E-state index in [1.54, 1.807) is 0 Å².